The number of benzene rings is 1. The molecule has 1 heterocycles. The molecule has 3 rings (SSSR count). The number of nitrogens with zero attached hydrogens (tertiary/aromatic N) is 2. The third-order valence-electron chi connectivity index (χ3n) is 4.48. The Balaban J connectivity index is 1.95. The molecular formula is C16H20N2O4. The van der Waals surface area contributed by atoms with Crippen LogP contribution in [0.2, 0.25) is 0 Å². The molecule has 22 heavy (non-hydrogen) atoms. The van der Waals surface area contributed by atoms with Crippen molar-refractivity contribution >= 4 is 16.9 Å². The van der Waals surface area contributed by atoms with Gasteiger partial charge in [0.25, 0.3) is 0 Å². The van der Waals surface area contributed by atoms with Gasteiger partial charge in [-0.2, -0.15) is 5.10 Å². The molecule has 0 saturated heterocycles. The maximum absolute atomic E-state index is 11.3. The van der Waals surface area contributed by atoms with Crippen LogP contribution in [0.1, 0.15) is 49.0 Å². The highest BCUT2D eigenvalue weighted by Crippen LogP contribution is 2.35. The topological polar surface area (TPSA) is 84.6 Å². The van der Waals surface area contributed by atoms with Gasteiger partial charge in [0.1, 0.15) is 11.3 Å². The minimum atomic E-state index is -1.01. The first-order chi connectivity index (χ1) is 10.4. The van der Waals surface area contributed by atoms with Crippen molar-refractivity contribution in [3.8, 4) is 5.75 Å². The van der Waals surface area contributed by atoms with Crippen LogP contribution in [-0.2, 0) is 0 Å². The molecule has 0 radical (unpaired) electrons. The van der Waals surface area contributed by atoms with Crippen LogP contribution < -0.4 is 4.74 Å². The molecule has 0 atom stereocenters. The maximum Gasteiger partial charge on any atom is 0.339 e. The van der Waals surface area contributed by atoms with E-state index in [0.717, 1.165) is 36.6 Å². The van der Waals surface area contributed by atoms with E-state index in [4.69, 9.17) is 4.74 Å². The van der Waals surface area contributed by atoms with Crippen molar-refractivity contribution in [2.75, 3.05) is 7.11 Å². The van der Waals surface area contributed by atoms with Gasteiger partial charge in [0, 0.05) is 17.6 Å². The van der Waals surface area contributed by atoms with Crippen LogP contribution >= 0.6 is 0 Å². The van der Waals surface area contributed by atoms with E-state index in [2.05, 4.69) is 5.10 Å². The van der Waals surface area contributed by atoms with E-state index >= 15 is 0 Å². The fraction of sp³-hybridized carbons (Fsp3) is 0.500. The molecule has 1 aromatic heterocycles. The van der Waals surface area contributed by atoms with Crippen molar-refractivity contribution < 1.29 is 19.7 Å². The smallest absolute Gasteiger partial charge is 0.339 e. The highest BCUT2D eigenvalue weighted by molar-refractivity contribution is 5.96. The molecule has 2 aromatic rings. The molecule has 0 amide bonds. The van der Waals surface area contributed by atoms with E-state index < -0.39 is 11.6 Å². The van der Waals surface area contributed by atoms with Crippen molar-refractivity contribution in [2.24, 2.45) is 0 Å². The molecule has 1 saturated carbocycles. The van der Waals surface area contributed by atoms with Crippen molar-refractivity contribution in [2.45, 2.75) is 44.2 Å². The minimum absolute atomic E-state index is 0.140. The van der Waals surface area contributed by atoms with E-state index in [9.17, 15) is 15.0 Å². The summed E-state index contributed by atoms with van der Waals surface area (Å²) in [6.45, 7) is 1.87. The molecule has 1 aromatic carbocycles. The summed E-state index contributed by atoms with van der Waals surface area (Å²) in [5, 5.41) is 24.6. The Labute approximate surface area is 128 Å². The van der Waals surface area contributed by atoms with Crippen LogP contribution in [0.15, 0.2) is 18.3 Å². The lowest BCUT2D eigenvalue weighted by Crippen LogP contribution is -2.31. The summed E-state index contributed by atoms with van der Waals surface area (Å²) in [6.07, 6.45) is 5.11. The first kappa shape index (κ1) is 14.8. The molecule has 0 bridgehead atoms. The first-order valence-electron chi connectivity index (χ1n) is 7.42. The normalized spacial score (nSPS) is 25.3. The Bertz CT molecular complexity index is 710. The zero-order valence-corrected chi connectivity index (χ0v) is 12.7. The summed E-state index contributed by atoms with van der Waals surface area (Å²) in [6, 6.07) is 3.50. The first-order valence-corrected chi connectivity index (χ1v) is 7.42. The second-order valence-corrected chi connectivity index (χ2v) is 6.25. The van der Waals surface area contributed by atoms with Crippen molar-refractivity contribution in [1.82, 2.24) is 9.78 Å². The van der Waals surface area contributed by atoms with E-state index in [-0.39, 0.29) is 11.6 Å². The standard InChI is InChI=1S/C16H20N2O4/c1-16(21)5-3-11(4-6-16)18-9-10-7-12(15(19)20)14(22-2)8-13(10)17-18/h7-9,11,21H,3-6H2,1-2H3,(H,19,20). The van der Waals surface area contributed by atoms with Crippen molar-refractivity contribution in [3.05, 3.63) is 23.9 Å². The molecule has 0 aliphatic heterocycles. The van der Waals surface area contributed by atoms with Gasteiger partial charge < -0.3 is 14.9 Å². The van der Waals surface area contributed by atoms with Gasteiger partial charge in [-0.25, -0.2) is 4.79 Å². The van der Waals surface area contributed by atoms with Crippen molar-refractivity contribution in [1.29, 1.82) is 0 Å². The van der Waals surface area contributed by atoms with Crippen LogP contribution in [0.3, 0.4) is 0 Å². The Kier molecular flexibility index (Phi) is 3.56. The molecule has 1 fully saturated rings. The van der Waals surface area contributed by atoms with Gasteiger partial charge in [-0.1, -0.05) is 0 Å². The van der Waals surface area contributed by atoms with E-state index in [0.29, 0.717) is 5.75 Å². The molecule has 6 nitrogen and oxygen atoms in total. The van der Waals surface area contributed by atoms with Gasteiger partial charge in [-0.05, 0) is 38.7 Å². The number of rotatable bonds is 3. The number of ether oxygens (including phenoxy) is 1. The molecular weight excluding hydrogens is 284 g/mol. The zero-order chi connectivity index (χ0) is 15.9. The van der Waals surface area contributed by atoms with E-state index in [1.807, 2.05) is 17.8 Å². The summed E-state index contributed by atoms with van der Waals surface area (Å²) in [5.41, 5.74) is 0.281. The average molecular weight is 304 g/mol. The molecule has 2 N–H and O–H groups in total. The minimum Gasteiger partial charge on any atom is -0.496 e. The lowest BCUT2D eigenvalue weighted by molar-refractivity contribution is 0.00859. The van der Waals surface area contributed by atoms with Gasteiger partial charge in [-0.3, -0.25) is 4.68 Å². The molecule has 1 aliphatic rings. The van der Waals surface area contributed by atoms with Crippen LogP contribution in [-0.4, -0.2) is 38.7 Å². The van der Waals surface area contributed by atoms with Crippen LogP contribution in [0.25, 0.3) is 10.9 Å². The van der Waals surface area contributed by atoms with Crippen LogP contribution in [0.4, 0.5) is 0 Å². The number of methoxy groups -OCH3 is 1. The third kappa shape index (κ3) is 2.66. The number of aliphatic hydroxyl groups is 1. The molecule has 1 aliphatic carbocycles. The average Bonchev–Trinajstić information content (AvgIpc) is 2.88. The molecule has 0 unspecified atom stereocenters. The predicted octanol–water partition coefficient (Wildman–Crippen LogP) is 2.61. The van der Waals surface area contributed by atoms with E-state index in [1.165, 1.54) is 7.11 Å². The summed E-state index contributed by atoms with van der Waals surface area (Å²) in [5.74, 6) is -0.697. The summed E-state index contributed by atoms with van der Waals surface area (Å²) < 4.78 is 7.03. The highest BCUT2D eigenvalue weighted by Gasteiger charge is 2.30. The summed E-state index contributed by atoms with van der Waals surface area (Å²) in [7, 11) is 1.45. The Morgan fingerprint density at radius 3 is 2.68 bits per heavy atom. The largest absolute Gasteiger partial charge is 0.496 e. The zero-order valence-electron chi connectivity index (χ0n) is 12.7. The van der Waals surface area contributed by atoms with E-state index in [1.54, 1.807) is 12.1 Å². The number of aromatic carboxylic acids is 1. The molecule has 0 spiro atoms. The van der Waals surface area contributed by atoms with Crippen LogP contribution in [0, 0.1) is 0 Å². The predicted molar refractivity (Wildman–Crippen MR) is 81.4 cm³/mol. The summed E-state index contributed by atoms with van der Waals surface area (Å²) in [4.78, 5) is 11.3. The second kappa shape index (κ2) is 5.28. The number of aromatic nitrogens is 2. The number of hydrogen-bond donors (Lipinski definition) is 2. The lowest BCUT2D eigenvalue weighted by Gasteiger charge is -2.33. The lowest BCUT2D eigenvalue weighted by atomic mass is 9.84. The SMILES string of the molecule is COc1cc2nn(C3CCC(C)(O)CC3)cc2cc1C(=O)O. The fourth-order valence-electron chi connectivity index (χ4n) is 3.08. The fourth-order valence-corrected chi connectivity index (χ4v) is 3.08. The Hall–Kier alpha value is -2.08. The quantitative estimate of drug-likeness (QED) is 0.910. The molecule has 118 valence electrons. The number of carbonyl (C=O) groups is 1. The molecule has 6 heteroatoms. The Morgan fingerprint density at radius 1 is 1.41 bits per heavy atom. The number of carboxylic acid groups (broad SMARTS) is 1. The monoisotopic (exact) mass is 304 g/mol. The van der Waals surface area contributed by atoms with Gasteiger partial charge >= 0.3 is 5.97 Å². The van der Waals surface area contributed by atoms with Gasteiger partial charge in [0.15, 0.2) is 0 Å². The Morgan fingerprint density at radius 2 is 2.09 bits per heavy atom. The summed E-state index contributed by atoms with van der Waals surface area (Å²) >= 11 is 0. The van der Waals surface area contributed by atoms with Crippen LogP contribution in [0.5, 0.6) is 5.75 Å². The number of carboxylic acids is 1. The second-order valence-electron chi connectivity index (χ2n) is 6.25. The highest BCUT2D eigenvalue weighted by atomic mass is 16.5. The van der Waals surface area contributed by atoms with Crippen molar-refractivity contribution in [3.63, 3.8) is 0 Å². The number of fused-ring (bicyclic) bond motifs is 1. The van der Waals surface area contributed by atoms with Gasteiger partial charge in [0.05, 0.1) is 24.3 Å². The maximum atomic E-state index is 11.3. The third-order valence-corrected chi connectivity index (χ3v) is 4.48. The number of hydrogen-bond acceptors (Lipinski definition) is 4. The van der Waals surface area contributed by atoms with Gasteiger partial charge in [0.2, 0.25) is 0 Å². The van der Waals surface area contributed by atoms with Gasteiger partial charge in [-0.15, -0.1) is 0 Å².